The molecule has 1 saturated heterocycles. The van der Waals surface area contributed by atoms with Gasteiger partial charge in [0, 0.05) is 30.1 Å². The van der Waals surface area contributed by atoms with Gasteiger partial charge in [0.1, 0.15) is 35.7 Å². The summed E-state index contributed by atoms with van der Waals surface area (Å²) >= 11 is 0. The maximum absolute atomic E-state index is 14.3. The molecular formula is C37H43N5O6. The lowest BCUT2D eigenvalue weighted by atomic mass is 9.78. The van der Waals surface area contributed by atoms with E-state index in [2.05, 4.69) is 12.1 Å². The fourth-order valence-corrected chi connectivity index (χ4v) is 7.43. The normalized spacial score (nSPS) is 24.3. The van der Waals surface area contributed by atoms with Crippen LogP contribution in [-0.4, -0.2) is 70.9 Å². The van der Waals surface area contributed by atoms with Crippen molar-refractivity contribution in [3.8, 4) is 23.1 Å². The number of oxazole rings is 1. The Hall–Kier alpha value is -4.43. The van der Waals surface area contributed by atoms with Crippen molar-refractivity contribution in [2.45, 2.75) is 88.3 Å². The minimum Gasteiger partial charge on any atom is -0.495 e. The Bertz CT molecular complexity index is 1660. The zero-order valence-corrected chi connectivity index (χ0v) is 27.4. The third-order valence-electron chi connectivity index (χ3n) is 10.5. The van der Waals surface area contributed by atoms with Gasteiger partial charge in [0.25, 0.3) is 0 Å². The van der Waals surface area contributed by atoms with Gasteiger partial charge in [0.05, 0.1) is 31.9 Å². The summed E-state index contributed by atoms with van der Waals surface area (Å²) in [5, 5.41) is 19.1. The summed E-state index contributed by atoms with van der Waals surface area (Å²) in [6.45, 7) is 1.20. The first-order chi connectivity index (χ1) is 23.4. The molecule has 0 bridgehead atoms. The molecule has 2 aromatic heterocycles. The van der Waals surface area contributed by atoms with E-state index in [0.717, 1.165) is 61.2 Å². The number of benzene rings is 1. The molecule has 0 atom stereocenters. The third kappa shape index (κ3) is 7.04. The summed E-state index contributed by atoms with van der Waals surface area (Å²) in [5.74, 6) is 2.93. The van der Waals surface area contributed by atoms with Gasteiger partial charge in [-0.3, -0.25) is 9.69 Å². The van der Waals surface area contributed by atoms with Gasteiger partial charge >= 0.3 is 6.09 Å². The minimum absolute atomic E-state index is 0.0602. The summed E-state index contributed by atoms with van der Waals surface area (Å²) in [6, 6.07) is 12.0. The van der Waals surface area contributed by atoms with Crippen molar-refractivity contribution in [3.63, 3.8) is 0 Å². The van der Waals surface area contributed by atoms with Crippen LogP contribution in [0.2, 0.25) is 0 Å². The number of rotatable bonds is 9. The second-order valence-corrected chi connectivity index (χ2v) is 13.9. The zero-order valence-electron chi connectivity index (χ0n) is 27.4. The smallest absolute Gasteiger partial charge is 0.410 e. The van der Waals surface area contributed by atoms with Crippen molar-refractivity contribution in [3.05, 3.63) is 59.8 Å². The number of amides is 2. The SMILES string of the molecule is COc1ccc(C2CCC(CN(C(=O)C3CCC(OC(=O)N4CC(O)C4)CC3)c3cc(-c4coc(C5CC5)n4)ccn3)CC2)cc1C#N. The molecule has 48 heavy (non-hydrogen) atoms. The van der Waals surface area contributed by atoms with Crippen LogP contribution in [0.25, 0.3) is 11.3 Å². The van der Waals surface area contributed by atoms with E-state index in [1.807, 2.05) is 29.2 Å². The highest BCUT2D eigenvalue weighted by molar-refractivity contribution is 5.94. The lowest BCUT2D eigenvalue weighted by Crippen LogP contribution is -2.54. The van der Waals surface area contributed by atoms with Crippen molar-refractivity contribution in [2.24, 2.45) is 11.8 Å². The van der Waals surface area contributed by atoms with E-state index in [9.17, 15) is 20.0 Å². The molecule has 252 valence electrons. The number of nitrogens with zero attached hydrogens (tertiary/aromatic N) is 5. The Morgan fingerprint density at radius 1 is 1.02 bits per heavy atom. The predicted molar refractivity (Wildman–Crippen MR) is 176 cm³/mol. The van der Waals surface area contributed by atoms with Crippen LogP contribution < -0.4 is 9.64 Å². The fraction of sp³-hybridized carbons (Fsp3) is 0.541. The largest absolute Gasteiger partial charge is 0.495 e. The fourth-order valence-electron chi connectivity index (χ4n) is 7.43. The molecule has 1 aliphatic heterocycles. The molecule has 4 fully saturated rings. The number of likely N-dealkylation sites (tertiary alicyclic amines) is 1. The second-order valence-electron chi connectivity index (χ2n) is 13.9. The Morgan fingerprint density at radius 3 is 2.46 bits per heavy atom. The molecule has 1 N–H and O–H groups in total. The predicted octanol–water partition coefficient (Wildman–Crippen LogP) is 6.17. The van der Waals surface area contributed by atoms with Crippen molar-refractivity contribution >= 4 is 17.8 Å². The Morgan fingerprint density at radius 2 is 1.77 bits per heavy atom. The van der Waals surface area contributed by atoms with Crippen LogP contribution in [0, 0.1) is 23.2 Å². The molecule has 0 radical (unpaired) electrons. The first-order valence-electron chi connectivity index (χ1n) is 17.3. The van der Waals surface area contributed by atoms with E-state index in [4.69, 9.17) is 23.9 Å². The summed E-state index contributed by atoms with van der Waals surface area (Å²) in [7, 11) is 1.58. The summed E-state index contributed by atoms with van der Waals surface area (Å²) in [6.07, 6.45) is 11.0. The maximum atomic E-state index is 14.3. The highest BCUT2D eigenvalue weighted by Crippen LogP contribution is 2.41. The summed E-state index contributed by atoms with van der Waals surface area (Å²) in [4.78, 5) is 39.6. The minimum atomic E-state index is -0.470. The van der Waals surface area contributed by atoms with Crippen molar-refractivity contribution in [1.29, 1.82) is 5.26 Å². The van der Waals surface area contributed by atoms with Crippen LogP contribution in [0.5, 0.6) is 5.75 Å². The number of hydrogen-bond donors (Lipinski definition) is 1. The quantitative estimate of drug-likeness (QED) is 0.287. The van der Waals surface area contributed by atoms with E-state index in [-0.39, 0.29) is 24.0 Å². The molecule has 11 heteroatoms. The lowest BCUT2D eigenvalue weighted by Gasteiger charge is -2.38. The lowest BCUT2D eigenvalue weighted by molar-refractivity contribution is -0.124. The number of carbonyl (C=O) groups is 2. The average Bonchev–Trinajstić information content (AvgIpc) is 3.84. The Balaban J connectivity index is 1.04. The first kappa shape index (κ1) is 32.1. The number of anilines is 1. The number of hydrogen-bond acceptors (Lipinski definition) is 9. The van der Waals surface area contributed by atoms with Gasteiger partial charge in [-0.1, -0.05) is 6.07 Å². The van der Waals surface area contributed by atoms with Crippen LogP contribution in [0.15, 0.2) is 47.2 Å². The van der Waals surface area contributed by atoms with E-state index < -0.39 is 6.10 Å². The number of methoxy groups -OCH3 is 1. The van der Waals surface area contributed by atoms with Gasteiger partial charge in [-0.15, -0.1) is 0 Å². The van der Waals surface area contributed by atoms with E-state index in [1.54, 1.807) is 19.6 Å². The van der Waals surface area contributed by atoms with Gasteiger partial charge in [0.15, 0.2) is 5.89 Å². The molecule has 3 heterocycles. The number of aromatic nitrogens is 2. The number of aliphatic hydroxyl groups excluding tert-OH is 1. The van der Waals surface area contributed by atoms with E-state index in [0.29, 0.717) is 80.2 Å². The van der Waals surface area contributed by atoms with Crippen LogP contribution in [0.1, 0.15) is 93.1 Å². The van der Waals surface area contributed by atoms with Gasteiger partial charge < -0.3 is 23.9 Å². The van der Waals surface area contributed by atoms with E-state index >= 15 is 0 Å². The van der Waals surface area contributed by atoms with Gasteiger partial charge in [-0.05, 0) is 106 Å². The highest BCUT2D eigenvalue weighted by atomic mass is 16.6. The molecule has 3 saturated carbocycles. The van der Waals surface area contributed by atoms with E-state index in [1.165, 1.54) is 4.90 Å². The van der Waals surface area contributed by atoms with Crippen LogP contribution in [0.4, 0.5) is 10.6 Å². The van der Waals surface area contributed by atoms with Gasteiger partial charge in [0.2, 0.25) is 5.91 Å². The monoisotopic (exact) mass is 653 g/mol. The first-order valence-corrected chi connectivity index (χ1v) is 17.3. The number of carbonyl (C=O) groups excluding carboxylic acids is 2. The molecular weight excluding hydrogens is 610 g/mol. The Kier molecular flexibility index (Phi) is 9.35. The second kappa shape index (κ2) is 14.0. The average molecular weight is 654 g/mol. The summed E-state index contributed by atoms with van der Waals surface area (Å²) < 4.78 is 16.8. The molecule has 3 aromatic rings. The highest BCUT2D eigenvalue weighted by Gasteiger charge is 2.36. The third-order valence-corrected chi connectivity index (χ3v) is 10.5. The van der Waals surface area contributed by atoms with Crippen molar-refractivity contribution in [1.82, 2.24) is 14.9 Å². The number of pyridine rings is 1. The topological polar surface area (TPSA) is 142 Å². The molecule has 3 aliphatic carbocycles. The molecule has 7 rings (SSSR count). The summed E-state index contributed by atoms with van der Waals surface area (Å²) in [5.41, 5.74) is 3.34. The molecule has 0 unspecified atom stereocenters. The number of β-amino-alcohol motifs (C(OH)–C–C–N with tert-alkyl or cyclic N) is 1. The number of aliphatic hydroxyl groups is 1. The molecule has 1 aromatic carbocycles. The van der Waals surface area contributed by atoms with Crippen LogP contribution in [-0.2, 0) is 9.53 Å². The standard InChI is InChI=1S/C37H43N5O6/c1-46-33-13-10-27(16-29(33)18-38)24-4-2-23(3-5-24)19-42(34-17-28(14-15-39-34)32-22-47-35(40-32)25-6-7-25)36(44)26-8-11-31(12-9-26)48-37(45)41-20-30(43)21-41/h10,13-17,22-26,30-31,43H,2-9,11-12,19-21H2,1H3. The molecule has 0 spiro atoms. The van der Waals surface area contributed by atoms with Crippen LogP contribution >= 0.6 is 0 Å². The van der Waals surface area contributed by atoms with Crippen molar-refractivity contribution < 1.29 is 28.6 Å². The maximum Gasteiger partial charge on any atom is 0.410 e. The van der Waals surface area contributed by atoms with Crippen LogP contribution in [0.3, 0.4) is 0 Å². The number of ether oxygens (including phenoxy) is 2. The number of nitriles is 1. The molecule has 4 aliphatic rings. The van der Waals surface area contributed by atoms with Gasteiger partial charge in [-0.2, -0.15) is 5.26 Å². The Labute approximate surface area is 280 Å². The zero-order chi connectivity index (χ0) is 33.2. The molecule has 2 amide bonds. The molecule has 11 nitrogen and oxygen atoms in total. The van der Waals surface area contributed by atoms with Crippen molar-refractivity contribution in [2.75, 3.05) is 31.6 Å². The van der Waals surface area contributed by atoms with Gasteiger partial charge in [-0.25, -0.2) is 14.8 Å².